The molecular formula is C17H24N2O. The number of rotatable bonds is 8. The highest BCUT2D eigenvalue weighted by atomic mass is 16.4. The molecule has 0 amide bonds. The molecule has 0 bridgehead atoms. The zero-order chi connectivity index (χ0) is 14.2. The van der Waals surface area contributed by atoms with Crippen LogP contribution >= 0.6 is 0 Å². The minimum atomic E-state index is 0.831. The minimum absolute atomic E-state index is 0.831. The van der Waals surface area contributed by atoms with Crippen LogP contribution in [0.15, 0.2) is 34.9 Å². The first-order valence-corrected chi connectivity index (χ1v) is 7.58. The SMILES string of the molecule is CCCNCCCc1ncc(-c2ccc(CC)cc2)o1. The van der Waals surface area contributed by atoms with E-state index in [4.69, 9.17) is 4.42 Å². The summed E-state index contributed by atoms with van der Waals surface area (Å²) in [5, 5.41) is 3.39. The average molecular weight is 272 g/mol. The molecular weight excluding hydrogens is 248 g/mol. The largest absolute Gasteiger partial charge is 0.441 e. The van der Waals surface area contributed by atoms with Gasteiger partial charge in [-0.25, -0.2) is 4.98 Å². The maximum atomic E-state index is 5.81. The Morgan fingerprint density at radius 1 is 1.10 bits per heavy atom. The summed E-state index contributed by atoms with van der Waals surface area (Å²) in [5.41, 5.74) is 2.44. The summed E-state index contributed by atoms with van der Waals surface area (Å²) >= 11 is 0. The van der Waals surface area contributed by atoms with Gasteiger partial charge in [0.2, 0.25) is 0 Å². The molecule has 0 aliphatic carbocycles. The lowest BCUT2D eigenvalue weighted by Crippen LogP contribution is -2.16. The van der Waals surface area contributed by atoms with Gasteiger partial charge in [0.1, 0.15) is 0 Å². The Hall–Kier alpha value is -1.61. The van der Waals surface area contributed by atoms with Gasteiger partial charge in [0.15, 0.2) is 11.7 Å². The zero-order valence-electron chi connectivity index (χ0n) is 12.5. The highest BCUT2D eigenvalue weighted by Crippen LogP contribution is 2.21. The van der Waals surface area contributed by atoms with Gasteiger partial charge in [-0.15, -0.1) is 0 Å². The highest BCUT2D eigenvalue weighted by molar-refractivity contribution is 5.56. The molecule has 1 aromatic carbocycles. The molecule has 0 fully saturated rings. The smallest absolute Gasteiger partial charge is 0.194 e. The summed E-state index contributed by atoms with van der Waals surface area (Å²) in [6.45, 7) is 6.45. The molecule has 0 unspecified atom stereocenters. The second-order valence-electron chi connectivity index (χ2n) is 5.02. The third-order valence-electron chi connectivity index (χ3n) is 3.37. The fourth-order valence-corrected chi connectivity index (χ4v) is 2.13. The van der Waals surface area contributed by atoms with Crippen molar-refractivity contribution < 1.29 is 4.42 Å². The fourth-order valence-electron chi connectivity index (χ4n) is 2.13. The van der Waals surface area contributed by atoms with Crippen molar-refractivity contribution in [1.29, 1.82) is 0 Å². The average Bonchev–Trinajstić information content (AvgIpc) is 2.96. The molecule has 108 valence electrons. The Balaban J connectivity index is 1.87. The van der Waals surface area contributed by atoms with Crippen molar-refractivity contribution in [3.63, 3.8) is 0 Å². The number of aryl methyl sites for hydroxylation is 2. The first-order chi connectivity index (χ1) is 9.83. The number of hydrogen-bond donors (Lipinski definition) is 1. The molecule has 20 heavy (non-hydrogen) atoms. The van der Waals surface area contributed by atoms with Gasteiger partial charge in [-0.05, 0) is 37.9 Å². The predicted molar refractivity (Wildman–Crippen MR) is 82.8 cm³/mol. The van der Waals surface area contributed by atoms with E-state index < -0.39 is 0 Å². The molecule has 0 aliphatic rings. The van der Waals surface area contributed by atoms with Crippen LogP contribution in [-0.4, -0.2) is 18.1 Å². The van der Waals surface area contributed by atoms with E-state index in [9.17, 15) is 0 Å². The van der Waals surface area contributed by atoms with Crippen molar-refractivity contribution >= 4 is 0 Å². The van der Waals surface area contributed by atoms with E-state index in [-0.39, 0.29) is 0 Å². The Morgan fingerprint density at radius 2 is 1.90 bits per heavy atom. The lowest BCUT2D eigenvalue weighted by atomic mass is 10.1. The van der Waals surface area contributed by atoms with Crippen LogP contribution in [-0.2, 0) is 12.8 Å². The van der Waals surface area contributed by atoms with Gasteiger partial charge in [0.25, 0.3) is 0 Å². The monoisotopic (exact) mass is 272 g/mol. The molecule has 2 rings (SSSR count). The lowest BCUT2D eigenvalue weighted by molar-refractivity contribution is 0.491. The molecule has 0 aliphatic heterocycles. The normalized spacial score (nSPS) is 10.9. The topological polar surface area (TPSA) is 38.1 Å². The molecule has 3 heteroatoms. The number of nitrogens with zero attached hydrogens (tertiary/aromatic N) is 1. The number of aromatic nitrogens is 1. The quantitative estimate of drug-likeness (QED) is 0.742. The molecule has 0 radical (unpaired) electrons. The Kier molecular flexibility index (Phi) is 5.81. The third-order valence-corrected chi connectivity index (χ3v) is 3.37. The van der Waals surface area contributed by atoms with Crippen LogP contribution in [0.5, 0.6) is 0 Å². The van der Waals surface area contributed by atoms with Crippen LogP contribution in [0.3, 0.4) is 0 Å². The third kappa shape index (κ3) is 4.20. The van der Waals surface area contributed by atoms with Gasteiger partial charge in [-0.1, -0.05) is 38.1 Å². The highest BCUT2D eigenvalue weighted by Gasteiger charge is 2.06. The Bertz CT molecular complexity index is 502. The van der Waals surface area contributed by atoms with Crippen LogP contribution in [0, 0.1) is 0 Å². The number of oxazole rings is 1. The van der Waals surface area contributed by atoms with Gasteiger partial charge in [-0.3, -0.25) is 0 Å². The van der Waals surface area contributed by atoms with E-state index in [0.717, 1.165) is 49.6 Å². The van der Waals surface area contributed by atoms with Gasteiger partial charge in [-0.2, -0.15) is 0 Å². The van der Waals surface area contributed by atoms with Gasteiger partial charge >= 0.3 is 0 Å². The van der Waals surface area contributed by atoms with Crippen molar-refractivity contribution in [1.82, 2.24) is 10.3 Å². The summed E-state index contributed by atoms with van der Waals surface area (Å²) in [4.78, 5) is 4.36. The van der Waals surface area contributed by atoms with Crippen molar-refractivity contribution in [2.24, 2.45) is 0 Å². The molecule has 1 aromatic heterocycles. The molecule has 2 aromatic rings. The minimum Gasteiger partial charge on any atom is -0.441 e. The zero-order valence-corrected chi connectivity index (χ0v) is 12.5. The number of nitrogens with one attached hydrogen (secondary N) is 1. The van der Waals surface area contributed by atoms with Crippen LogP contribution in [0.2, 0.25) is 0 Å². The molecule has 0 saturated heterocycles. The van der Waals surface area contributed by atoms with Crippen molar-refractivity contribution in [3.8, 4) is 11.3 Å². The maximum absolute atomic E-state index is 5.81. The second kappa shape index (κ2) is 7.85. The van der Waals surface area contributed by atoms with Gasteiger partial charge in [0.05, 0.1) is 6.20 Å². The van der Waals surface area contributed by atoms with Crippen LogP contribution in [0.25, 0.3) is 11.3 Å². The van der Waals surface area contributed by atoms with E-state index in [2.05, 4.69) is 48.4 Å². The predicted octanol–water partition coefficient (Wildman–Crippen LogP) is 3.84. The van der Waals surface area contributed by atoms with Crippen LogP contribution < -0.4 is 5.32 Å². The van der Waals surface area contributed by atoms with Gasteiger partial charge in [0, 0.05) is 12.0 Å². The standard InChI is InChI=1S/C17H24N2O/c1-3-11-18-12-5-6-17-19-13-16(20-17)15-9-7-14(4-2)8-10-15/h7-10,13,18H,3-6,11-12H2,1-2H3. The first-order valence-electron chi connectivity index (χ1n) is 7.58. The Morgan fingerprint density at radius 3 is 2.60 bits per heavy atom. The van der Waals surface area contributed by atoms with Gasteiger partial charge < -0.3 is 9.73 Å². The molecule has 3 nitrogen and oxygen atoms in total. The molecule has 0 saturated carbocycles. The van der Waals surface area contributed by atoms with Crippen LogP contribution in [0.1, 0.15) is 38.1 Å². The molecule has 1 heterocycles. The number of benzene rings is 1. The molecule has 0 atom stereocenters. The van der Waals surface area contributed by atoms with E-state index >= 15 is 0 Å². The summed E-state index contributed by atoms with van der Waals surface area (Å²) in [6, 6.07) is 8.50. The van der Waals surface area contributed by atoms with E-state index in [0.29, 0.717) is 0 Å². The maximum Gasteiger partial charge on any atom is 0.194 e. The van der Waals surface area contributed by atoms with Crippen molar-refractivity contribution in [2.45, 2.75) is 39.5 Å². The summed E-state index contributed by atoms with van der Waals surface area (Å²) < 4.78 is 5.81. The van der Waals surface area contributed by atoms with E-state index in [1.807, 2.05) is 6.20 Å². The van der Waals surface area contributed by atoms with Crippen molar-refractivity contribution in [2.75, 3.05) is 13.1 Å². The lowest BCUT2D eigenvalue weighted by Gasteiger charge is -2.01. The second-order valence-corrected chi connectivity index (χ2v) is 5.02. The molecule has 0 spiro atoms. The van der Waals surface area contributed by atoms with Crippen LogP contribution in [0.4, 0.5) is 0 Å². The summed E-state index contributed by atoms with van der Waals surface area (Å²) in [5.74, 6) is 1.70. The summed E-state index contributed by atoms with van der Waals surface area (Å²) in [7, 11) is 0. The molecule has 1 N–H and O–H groups in total. The number of hydrogen-bond acceptors (Lipinski definition) is 3. The fraction of sp³-hybridized carbons (Fsp3) is 0.471. The summed E-state index contributed by atoms with van der Waals surface area (Å²) in [6.07, 6.45) is 6.03. The first kappa shape index (κ1) is 14.8. The van der Waals surface area contributed by atoms with Crippen molar-refractivity contribution in [3.05, 3.63) is 41.9 Å². The van der Waals surface area contributed by atoms with E-state index in [1.54, 1.807) is 0 Å². The van der Waals surface area contributed by atoms with E-state index in [1.165, 1.54) is 12.0 Å². The Labute approximate surface area is 121 Å².